The average Bonchev–Trinajstić information content (AvgIpc) is 3.19. The maximum atomic E-state index is 11.3. The van der Waals surface area contributed by atoms with Crippen LogP contribution in [0.5, 0.6) is 0 Å². The van der Waals surface area contributed by atoms with Gasteiger partial charge in [0.05, 0.1) is 7.11 Å². The van der Waals surface area contributed by atoms with Crippen molar-refractivity contribution < 1.29 is 14.1 Å². The molecule has 3 aliphatic rings. The van der Waals surface area contributed by atoms with E-state index in [1.54, 1.807) is 6.08 Å². The number of esters is 1. The maximum absolute atomic E-state index is 11.3. The molecule has 3 fully saturated rings. The summed E-state index contributed by atoms with van der Waals surface area (Å²) >= 11 is 0. The Balaban J connectivity index is 1.38. The number of carbonyl (C=O) groups is 1. The lowest BCUT2D eigenvalue weighted by atomic mass is 9.53. The number of anilines is 1. The zero-order chi connectivity index (χ0) is 19.6. The third-order valence-corrected chi connectivity index (χ3v) is 6.57. The Bertz CT molecular complexity index is 862. The molecule has 148 valence electrons. The highest BCUT2D eigenvalue weighted by Gasteiger charge is 2.51. The van der Waals surface area contributed by atoms with Crippen LogP contribution in [0.1, 0.15) is 55.8 Å². The number of aryl methyl sites for hydroxylation is 1. The monoisotopic (exact) mass is 381 g/mol. The van der Waals surface area contributed by atoms with Crippen molar-refractivity contribution in [3.8, 4) is 0 Å². The SMILES string of the molecule is COC(=O)/C=C/c1cccc(NCC23CCC(c4noc(C)n4)(CC2)CC3)c1. The zero-order valence-corrected chi connectivity index (χ0v) is 16.5. The smallest absolute Gasteiger partial charge is 0.330 e. The van der Waals surface area contributed by atoms with Gasteiger partial charge in [-0.1, -0.05) is 17.3 Å². The number of methoxy groups -OCH3 is 1. The Morgan fingerprint density at radius 3 is 2.64 bits per heavy atom. The molecule has 1 aromatic heterocycles. The van der Waals surface area contributed by atoms with Crippen LogP contribution in [0.3, 0.4) is 0 Å². The summed E-state index contributed by atoms with van der Waals surface area (Å²) in [6.45, 7) is 2.83. The Morgan fingerprint density at radius 1 is 1.25 bits per heavy atom. The Kier molecular flexibility index (Phi) is 4.96. The van der Waals surface area contributed by atoms with Gasteiger partial charge in [-0.2, -0.15) is 4.98 Å². The first-order chi connectivity index (χ1) is 13.5. The predicted molar refractivity (Wildman–Crippen MR) is 107 cm³/mol. The number of hydrogen-bond donors (Lipinski definition) is 1. The van der Waals surface area contributed by atoms with Crippen molar-refractivity contribution in [3.63, 3.8) is 0 Å². The van der Waals surface area contributed by atoms with E-state index in [1.165, 1.54) is 32.4 Å². The highest BCUT2D eigenvalue weighted by Crippen LogP contribution is 2.57. The second kappa shape index (κ2) is 7.41. The summed E-state index contributed by atoms with van der Waals surface area (Å²) < 4.78 is 9.88. The molecular formula is C22H27N3O3. The van der Waals surface area contributed by atoms with Crippen LogP contribution in [0.2, 0.25) is 0 Å². The second-order valence-corrected chi connectivity index (χ2v) is 8.25. The van der Waals surface area contributed by atoms with Crippen LogP contribution in [-0.4, -0.2) is 29.8 Å². The summed E-state index contributed by atoms with van der Waals surface area (Å²) in [5.41, 5.74) is 2.53. The quantitative estimate of drug-likeness (QED) is 0.595. The number of carbonyl (C=O) groups excluding carboxylic acids is 1. The molecule has 3 saturated carbocycles. The molecule has 0 radical (unpaired) electrons. The molecule has 0 unspecified atom stereocenters. The van der Waals surface area contributed by atoms with Crippen molar-refractivity contribution in [1.82, 2.24) is 10.1 Å². The van der Waals surface area contributed by atoms with Gasteiger partial charge in [0.1, 0.15) is 0 Å². The van der Waals surface area contributed by atoms with E-state index < -0.39 is 0 Å². The molecule has 0 spiro atoms. The number of fused-ring (bicyclic) bond motifs is 3. The first kappa shape index (κ1) is 18.7. The summed E-state index contributed by atoms with van der Waals surface area (Å²) in [5, 5.41) is 7.86. The van der Waals surface area contributed by atoms with Crippen LogP contribution >= 0.6 is 0 Å². The molecule has 3 aliphatic carbocycles. The minimum Gasteiger partial charge on any atom is -0.466 e. The molecule has 2 bridgehead atoms. The first-order valence-corrected chi connectivity index (χ1v) is 9.93. The molecule has 5 rings (SSSR count). The highest BCUT2D eigenvalue weighted by atomic mass is 16.5. The van der Waals surface area contributed by atoms with Crippen LogP contribution in [0.15, 0.2) is 34.9 Å². The third kappa shape index (κ3) is 3.68. The fourth-order valence-electron chi connectivity index (χ4n) is 4.65. The van der Waals surface area contributed by atoms with Gasteiger partial charge in [0.2, 0.25) is 5.89 Å². The van der Waals surface area contributed by atoms with Crippen LogP contribution in [0, 0.1) is 12.3 Å². The van der Waals surface area contributed by atoms with Gasteiger partial charge < -0.3 is 14.6 Å². The molecule has 1 N–H and O–H groups in total. The number of hydrogen-bond acceptors (Lipinski definition) is 6. The van der Waals surface area contributed by atoms with Gasteiger partial charge in [-0.15, -0.1) is 0 Å². The topological polar surface area (TPSA) is 77.2 Å². The molecule has 28 heavy (non-hydrogen) atoms. The van der Waals surface area contributed by atoms with Gasteiger partial charge in [0.25, 0.3) is 0 Å². The summed E-state index contributed by atoms with van der Waals surface area (Å²) in [7, 11) is 1.38. The highest BCUT2D eigenvalue weighted by molar-refractivity contribution is 5.87. The minimum absolute atomic E-state index is 0.123. The van der Waals surface area contributed by atoms with Crippen molar-refractivity contribution >= 4 is 17.7 Å². The fraction of sp³-hybridized carbons (Fsp3) is 0.500. The molecule has 1 aromatic carbocycles. The molecule has 6 nitrogen and oxygen atoms in total. The van der Waals surface area contributed by atoms with E-state index >= 15 is 0 Å². The standard InChI is InChI=1S/C22H27N3O3/c1-16-24-20(25-28-16)22-11-8-21(9-12-22,10-13-22)15-23-18-5-3-4-17(14-18)6-7-19(26)27-2/h3-7,14,23H,8-13,15H2,1-2H3/b7-6+. The number of nitrogens with one attached hydrogen (secondary N) is 1. The Morgan fingerprint density at radius 2 is 2.00 bits per heavy atom. The number of benzene rings is 1. The van der Waals surface area contributed by atoms with Gasteiger partial charge in [0, 0.05) is 30.6 Å². The molecule has 1 heterocycles. The largest absolute Gasteiger partial charge is 0.466 e. The summed E-state index contributed by atoms with van der Waals surface area (Å²) in [4.78, 5) is 15.8. The number of ether oxygens (including phenoxy) is 1. The van der Waals surface area contributed by atoms with Crippen molar-refractivity contribution in [2.75, 3.05) is 19.0 Å². The van der Waals surface area contributed by atoms with Crippen LogP contribution in [0.4, 0.5) is 5.69 Å². The lowest BCUT2D eigenvalue weighted by Crippen LogP contribution is -2.47. The van der Waals surface area contributed by atoms with E-state index in [0.29, 0.717) is 11.3 Å². The molecule has 2 aromatic rings. The second-order valence-electron chi connectivity index (χ2n) is 8.25. The summed E-state index contributed by atoms with van der Waals surface area (Å²) in [5.74, 6) is 1.23. The zero-order valence-electron chi connectivity index (χ0n) is 16.5. The number of nitrogens with zero attached hydrogens (tertiary/aromatic N) is 2. The van der Waals surface area contributed by atoms with E-state index in [1.807, 2.05) is 19.1 Å². The maximum Gasteiger partial charge on any atom is 0.330 e. The number of rotatable bonds is 6. The van der Waals surface area contributed by atoms with Gasteiger partial charge in [-0.05, 0) is 67.7 Å². The van der Waals surface area contributed by atoms with E-state index in [9.17, 15) is 4.79 Å². The van der Waals surface area contributed by atoms with Crippen molar-refractivity contribution in [1.29, 1.82) is 0 Å². The van der Waals surface area contributed by atoms with Crippen molar-refractivity contribution in [3.05, 3.63) is 47.6 Å². The average molecular weight is 381 g/mol. The van der Waals surface area contributed by atoms with E-state index in [0.717, 1.165) is 42.9 Å². The molecule has 0 atom stereocenters. The van der Waals surface area contributed by atoms with Crippen LogP contribution < -0.4 is 5.32 Å². The van der Waals surface area contributed by atoms with Gasteiger partial charge >= 0.3 is 5.97 Å². The third-order valence-electron chi connectivity index (χ3n) is 6.57. The normalized spacial score (nSPS) is 26.5. The Labute approximate surface area is 165 Å². The molecule has 0 saturated heterocycles. The first-order valence-electron chi connectivity index (χ1n) is 9.93. The van der Waals surface area contributed by atoms with Crippen LogP contribution in [-0.2, 0) is 14.9 Å². The van der Waals surface area contributed by atoms with E-state index in [-0.39, 0.29) is 11.4 Å². The lowest BCUT2D eigenvalue weighted by Gasteiger charge is -2.52. The molecular weight excluding hydrogens is 354 g/mol. The predicted octanol–water partition coefficient (Wildman–Crippen LogP) is 4.27. The fourth-order valence-corrected chi connectivity index (χ4v) is 4.65. The van der Waals surface area contributed by atoms with E-state index in [2.05, 4.69) is 32.3 Å². The number of aromatic nitrogens is 2. The molecule has 0 amide bonds. The van der Waals surface area contributed by atoms with Gasteiger partial charge in [-0.25, -0.2) is 4.79 Å². The summed E-state index contributed by atoms with van der Waals surface area (Å²) in [6, 6.07) is 8.12. The van der Waals surface area contributed by atoms with Crippen molar-refractivity contribution in [2.24, 2.45) is 5.41 Å². The van der Waals surface area contributed by atoms with Gasteiger partial charge in [-0.3, -0.25) is 0 Å². The van der Waals surface area contributed by atoms with Crippen molar-refractivity contribution in [2.45, 2.75) is 50.9 Å². The molecule has 6 heteroatoms. The molecule has 0 aliphatic heterocycles. The summed E-state index contributed by atoms with van der Waals surface area (Å²) in [6.07, 6.45) is 10.2. The van der Waals surface area contributed by atoms with E-state index in [4.69, 9.17) is 4.52 Å². The Hall–Kier alpha value is -2.63. The minimum atomic E-state index is -0.345. The van der Waals surface area contributed by atoms with Gasteiger partial charge in [0.15, 0.2) is 5.82 Å². The lowest BCUT2D eigenvalue weighted by molar-refractivity contribution is -0.134. The van der Waals surface area contributed by atoms with Crippen LogP contribution in [0.25, 0.3) is 6.08 Å².